The summed E-state index contributed by atoms with van der Waals surface area (Å²) in [6, 6.07) is 12.2. The van der Waals surface area contributed by atoms with Crippen molar-refractivity contribution in [3.63, 3.8) is 0 Å². The minimum Gasteiger partial charge on any atom is -0.494 e. The molecule has 0 spiro atoms. The molecule has 2 fully saturated rings. The lowest BCUT2D eigenvalue weighted by Gasteiger charge is -2.39. The van der Waals surface area contributed by atoms with Crippen LogP contribution in [0.3, 0.4) is 0 Å². The van der Waals surface area contributed by atoms with Gasteiger partial charge in [0, 0.05) is 18.3 Å². The van der Waals surface area contributed by atoms with E-state index < -0.39 is 16.0 Å². The van der Waals surface area contributed by atoms with Crippen molar-refractivity contribution in [3.05, 3.63) is 54.1 Å². The van der Waals surface area contributed by atoms with Gasteiger partial charge < -0.3 is 14.4 Å². The summed E-state index contributed by atoms with van der Waals surface area (Å²) in [7, 11) is -3.80. The first-order valence-electron chi connectivity index (χ1n) is 12.2. The average Bonchev–Trinajstić information content (AvgIpc) is 3.06. The molecule has 1 aliphatic carbocycles. The summed E-state index contributed by atoms with van der Waals surface area (Å²) in [5.74, 6) is -0.212. The van der Waals surface area contributed by atoms with Crippen LogP contribution in [0.4, 0.5) is 5.69 Å². The van der Waals surface area contributed by atoms with E-state index in [-0.39, 0.29) is 39.8 Å². The Morgan fingerprint density at radius 2 is 1.69 bits per heavy atom. The zero-order chi connectivity index (χ0) is 26.1. The van der Waals surface area contributed by atoms with Gasteiger partial charge in [-0.25, -0.2) is 13.2 Å². The molecule has 9 heteroatoms. The van der Waals surface area contributed by atoms with E-state index in [1.807, 2.05) is 11.8 Å². The van der Waals surface area contributed by atoms with Gasteiger partial charge in [0.1, 0.15) is 5.75 Å². The first-order chi connectivity index (χ1) is 16.9. The fraction of sp³-hybridized carbons (Fsp3) is 0.481. The number of esters is 1. The van der Waals surface area contributed by atoms with E-state index in [0.29, 0.717) is 24.6 Å². The average molecular weight is 515 g/mol. The maximum Gasteiger partial charge on any atom is 0.338 e. The number of hydrogen-bond donors (Lipinski definition) is 1. The third kappa shape index (κ3) is 5.83. The van der Waals surface area contributed by atoms with Crippen molar-refractivity contribution in [1.29, 1.82) is 0 Å². The van der Waals surface area contributed by atoms with Gasteiger partial charge in [-0.05, 0) is 85.5 Å². The summed E-state index contributed by atoms with van der Waals surface area (Å²) >= 11 is 0. The van der Waals surface area contributed by atoms with Gasteiger partial charge in [-0.2, -0.15) is 0 Å². The quantitative estimate of drug-likeness (QED) is 0.522. The largest absolute Gasteiger partial charge is 0.494 e. The van der Waals surface area contributed by atoms with Gasteiger partial charge in [0.15, 0.2) is 6.61 Å². The van der Waals surface area contributed by atoms with Crippen LogP contribution in [-0.4, -0.2) is 51.0 Å². The molecule has 2 unspecified atom stereocenters. The monoisotopic (exact) mass is 514 g/mol. The summed E-state index contributed by atoms with van der Waals surface area (Å²) < 4.78 is 38.4. The molecule has 1 heterocycles. The summed E-state index contributed by atoms with van der Waals surface area (Å²) in [6.07, 6.45) is 3.02. The van der Waals surface area contributed by atoms with Gasteiger partial charge in [-0.3, -0.25) is 9.52 Å². The number of benzene rings is 2. The van der Waals surface area contributed by atoms with Crippen molar-refractivity contribution in [1.82, 2.24) is 4.90 Å². The topological polar surface area (TPSA) is 102 Å². The number of ether oxygens (including phenoxy) is 2. The summed E-state index contributed by atoms with van der Waals surface area (Å²) in [6.45, 7) is 9.44. The van der Waals surface area contributed by atoms with E-state index in [1.54, 1.807) is 12.1 Å². The van der Waals surface area contributed by atoms with Gasteiger partial charge >= 0.3 is 5.97 Å². The Hall–Kier alpha value is -3.07. The Labute approximate surface area is 213 Å². The SMILES string of the molecule is CCOc1ccc(S(=O)(=O)Nc2ccc(C(=O)OCC(=O)N3CC4(C)CC3CC(C)(C)C4)cc2)cc1. The highest BCUT2D eigenvalue weighted by molar-refractivity contribution is 7.92. The Kier molecular flexibility index (Phi) is 7.05. The Morgan fingerprint density at radius 3 is 2.33 bits per heavy atom. The smallest absolute Gasteiger partial charge is 0.338 e. The molecule has 2 aromatic carbocycles. The van der Waals surface area contributed by atoms with Crippen molar-refractivity contribution in [2.24, 2.45) is 10.8 Å². The van der Waals surface area contributed by atoms with E-state index in [9.17, 15) is 18.0 Å². The number of rotatable bonds is 8. The van der Waals surface area contributed by atoms with Gasteiger partial charge in [0.25, 0.3) is 15.9 Å². The van der Waals surface area contributed by atoms with Gasteiger partial charge in [-0.1, -0.05) is 20.8 Å². The maximum absolute atomic E-state index is 12.8. The number of carbonyl (C=O) groups excluding carboxylic acids is 2. The Morgan fingerprint density at radius 1 is 1.03 bits per heavy atom. The molecule has 0 aromatic heterocycles. The number of carbonyl (C=O) groups is 2. The zero-order valence-corrected chi connectivity index (χ0v) is 22.1. The number of anilines is 1. The van der Waals surface area contributed by atoms with Crippen molar-refractivity contribution >= 4 is 27.6 Å². The molecule has 2 aromatic rings. The predicted octanol–water partition coefficient (Wildman–Crippen LogP) is 4.47. The molecular formula is C27H34N2O6S. The summed E-state index contributed by atoms with van der Waals surface area (Å²) in [5.41, 5.74) is 0.844. The van der Waals surface area contributed by atoms with Crippen LogP contribution < -0.4 is 9.46 Å². The third-order valence-corrected chi connectivity index (χ3v) is 8.28. The standard InChI is InChI=1S/C27H34N2O6S/c1-5-34-22-10-12-23(13-11-22)36(32,33)28-20-8-6-19(7-9-20)25(31)35-16-24(30)29-18-27(4)15-21(29)14-26(2,3)17-27/h6-13,21,28H,5,14-18H2,1-4H3. The number of amides is 1. The van der Waals surface area contributed by atoms with Crippen LogP contribution in [0.1, 0.15) is 57.3 Å². The minimum absolute atomic E-state index is 0.0941. The second-order valence-corrected chi connectivity index (χ2v) is 12.6. The Balaban J connectivity index is 1.32. The van der Waals surface area contributed by atoms with E-state index in [4.69, 9.17) is 9.47 Å². The minimum atomic E-state index is -3.80. The maximum atomic E-state index is 12.8. The van der Waals surface area contributed by atoms with Crippen LogP contribution in [0.5, 0.6) is 5.75 Å². The highest BCUT2D eigenvalue weighted by Gasteiger charge is 2.50. The number of hydrogen-bond acceptors (Lipinski definition) is 6. The molecule has 2 aliphatic rings. The predicted molar refractivity (Wildman–Crippen MR) is 136 cm³/mol. The summed E-state index contributed by atoms with van der Waals surface area (Å²) in [4.78, 5) is 27.3. The van der Waals surface area contributed by atoms with Crippen LogP contribution in [0.25, 0.3) is 0 Å². The van der Waals surface area contributed by atoms with Crippen LogP contribution >= 0.6 is 0 Å². The van der Waals surface area contributed by atoms with Gasteiger partial charge in [0.2, 0.25) is 0 Å². The van der Waals surface area contributed by atoms with Gasteiger partial charge in [-0.15, -0.1) is 0 Å². The number of sulfonamides is 1. The summed E-state index contributed by atoms with van der Waals surface area (Å²) in [5, 5.41) is 0. The number of fused-ring (bicyclic) bond motifs is 2. The normalized spacial score (nSPS) is 22.7. The van der Waals surface area contributed by atoms with E-state index in [2.05, 4.69) is 25.5 Å². The fourth-order valence-electron chi connectivity index (χ4n) is 5.82. The highest BCUT2D eigenvalue weighted by atomic mass is 32.2. The molecule has 1 aliphatic heterocycles. The third-order valence-electron chi connectivity index (χ3n) is 6.88. The fourth-order valence-corrected chi connectivity index (χ4v) is 6.87. The number of nitrogens with one attached hydrogen (secondary N) is 1. The molecule has 8 nitrogen and oxygen atoms in total. The van der Waals surface area contributed by atoms with Crippen LogP contribution in [-0.2, 0) is 19.6 Å². The molecule has 1 N–H and O–H groups in total. The lowest BCUT2D eigenvalue weighted by Crippen LogP contribution is -2.39. The molecule has 0 radical (unpaired) electrons. The lowest BCUT2D eigenvalue weighted by molar-refractivity contribution is -0.135. The van der Waals surface area contributed by atoms with Crippen molar-refractivity contribution in [3.8, 4) is 5.75 Å². The molecule has 194 valence electrons. The van der Waals surface area contributed by atoms with E-state index in [1.165, 1.54) is 36.4 Å². The molecule has 1 amide bonds. The molecule has 36 heavy (non-hydrogen) atoms. The van der Waals surface area contributed by atoms with Crippen LogP contribution in [0.2, 0.25) is 0 Å². The van der Waals surface area contributed by atoms with E-state index >= 15 is 0 Å². The van der Waals surface area contributed by atoms with Crippen molar-refractivity contribution < 1.29 is 27.5 Å². The van der Waals surface area contributed by atoms with Crippen LogP contribution in [0.15, 0.2) is 53.4 Å². The van der Waals surface area contributed by atoms with Crippen LogP contribution in [0, 0.1) is 10.8 Å². The second kappa shape index (κ2) is 9.76. The number of likely N-dealkylation sites (tertiary alicyclic amines) is 1. The first-order valence-corrected chi connectivity index (χ1v) is 13.7. The molecule has 2 bridgehead atoms. The van der Waals surface area contributed by atoms with Gasteiger partial charge in [0.05, 0.1) is 17.1 Å². The molecule has 1 saturated heterocycles. The molecular weight excluding hydrogens is 480 g/mol. The second-order valence-electron chi connectivity index (χ2n) is 10.9. The lowest BCUT2D eigenvalue weighted by atomic mass is 9.65. The first kappa shape index (κ1) is 26.0. The molecule has 2 atom stereocenters. The Bertz CT molecular complexity index is 1220. The van der Waals surface area contributed by atoms with E-state index in [0.717, 1.165) is 19.3 Å². The number of nitrogens with zero attached hydrogens (tertiary/aromatic N) is 1. The molecule has 4 rings (SSSR count). The zero-order valence-electron chi connectivity index (χ0n) is 21.2. The highest BCUT2D eigenvalue weighted by Crippen LogP contribution is 2.52. The van der Waals surface area contributed by atoms with Crippen molar-refractivity contribution in [2.75, 3.05) is 24.5 Å². The van der Waals surface area contributed by atoms with Crippen molar-refractivity contribution in [2.45, 2.75) is 57.9 Å². The molecule has 1 saturated carbocycles.